The Hall–Kier alpha value is -7.13. The topological polar surface area (TPSA) is 154 Å². The van der Waals surface area contributed by atoms with Crippen molar-refractivity contribution in [3.05, 3.63) is 138 Å². The lowest BCUT2D eigenvalue weighted by Gasteiger charge is -2.20. The number of carbonyl (C=O) groups excluding carboxylic acids is 2. The van der Waals surface area contributed by atoms with E-state index in [9.17, 15) is 19.5 Å². The van der Waals surface area contributed by atoms with Gasteiger partial charge >= 0.3 is 12.1 Å². The van der Waals surface area contributed by atoms with Crippen LogP contribution in [0.3, 0.4) is 0 Å². The summed E-state index contributed by atoms with van der Waals surface area (Å²) in [5, 5.41) is 9.26. The molecule has 268 valence electrons. The van der Waals surface area contributed by atoms with Crippen LogP contribution in [0.5, 0.6) is 17.2 Å². The Morgan fingerprint density at radius 3 is 1.91 bits per heavy atom. The van der Waals surface area contributed by atoms with Crippen molar-refractivity contribution in [1.82, 2.24) is 14.9 Å². The third kappa shape index (κ3) is 10.7. The molecule has 12 nitrogen and oxygen atoms in total. The number of carboxylic acids is 1. The van der Waals surface area contributed by atoms with Crippen molar-refractivity contribution in [3.63, 3.8) is 0 Å². The fraction of sp³-hybridized carbons (Fsp3) is 0.146. The fourth-order valence-electron chi connectivity index (χ4n) is 4.75. The second-order valence-electron chi connectivity index (χ2n) is 11.3. The minimum Gasteiger partial charge on any atom is -0.497 e. The third-order valence-corrected chi connectivity index (χ3v) is 7.45. The van der Waals surface area contributed by atoms with Gasteiger partial charge in [0.1, 0.15) is 47.6 Å². The molecule has 0 spiro atoms. The molecule has 0 radical (unpaired) electrons. The molecule has 1 N–H and O–H groups in total. The number of nitrogens with zero attached hydrogens (tertiary/aromatic N) is 3. The zero-order valence-electron chi connectivity index (χ0n) is 29.1. The van der Waals surface area contributed by atoms with E-state index in [-0.39, 0.29) is 18.9 Å². The average Bonchev–Trinajstić information content (AvgIpc) is 3.76. The molecule has 12 heteroatoms. The Morgan fingerprint density at radius 1 is 0.774 bits per heavy atom. The van der Waals surface area contributed by atoms with Gasteiger partial charge in [-0.2, -0.15) is 0 Å². The largest absolute Gasteiger partial charge is 0.497 e. The van der Waals surface area contributed by atoms with Crippen LogP contribution in [0.25, 0.3) is 22.9 Å². The first-order chi connectivity index (χ1) is 25.7. The van der Waals surface area contributed by atoms with Crippen LogP contribution in [-0.4, -0.2) is 58.6 Å². The highest BCUT2D eigenvalue weighted by atomic mass is 16.6. The first-order valence-corrected chi connectivity index (χ1v) is 16.3. The number of hydrogen-bond donors (Lipinski definition) is 1. The lowest BCUT2D eigenvalue weighted by Crippen LogP contribution is -2.37. The summed E-state index contributed by atoms with van der Waals surface area (Å²) in [4.78, 5) is 44.1. The van der Waals surface area contributed by atoms with Gasteiger partial charge in [-0.1, -0.05) is 54.5 Å². The number of rotatable bonds is 11. The minimum absolute atomic E-state index is 0.0383. The fourth-order valence-corrected chi connectivity index (χ4v) is 4.75. The van der Waals surface area contributed by atoms with Crippen molar-refractivity contribution >= 4 is 18.3 Å². The van der Waals surface area contributed by atoms with Gasteiger partial charge in [0.15, 0.2) is 12.0 Å². The van der Waals surface area contributed by atoms with E-state index in [0.29, 0.717) is 58.0 Å². The van der Waals surface area contributed by atoms with Gasteiger partial charge in [0.05, 0.1) is 7.11 Å². The summed E-state index contributed by atoms with van der Waals surface area (Å²) in [5.74, 6) is 8.38. The van der Waals surface area contributed by atoms with Crippen LogP contribution in [0, 0.1) is 25.7 Å². The molecule has 2 heterocycles. The summed E-state index contributed by atoms with van der Waals surface area (Å²) < 4.78 is 27.2. The standard InChI is InChI=1S/C30H26N2O7.C11H9NO2/c1-21-27(31-29(38-21)23-7-4-3-5-8-23)9-6-18-37-25-12-10-22(11-13-25)19-32(20-28(33)34)30(35)39-26-16-14-24(36-2)15-17-26;1-8-10(7-13)12-11(14-8)9-5-3-2-4-6-9/h3-5,7-8,10-17H,18-20H2,1-2H3,(H,33,34);2-7H,1H3. The number of amides is 1. The third-order valence-electron chi connectivity index (χ3n) is 7.45. The minimum atomic E-state index is -1.15. The summed E-state index contributed by atoms with van der Waals surface area (Å²) in [7, 11) is 1.53. The molecule has 0 saturated carbocycles. The quantitative estimate of drug-likeness (QED) is 0.104. The van der Waals surface area contributed by atoms with E-state index < -0.39 is 18.6 Å². The number of aldehydes is 1. The Labute approximate surface area is 305 Å². The highest BCUT2D eigenvalue weighted by molar-refractivity contribution is 5.78. The normalized spacial score (nSPS) is 10.2. The molecule has 0 saturated heterocycles. The summed E-state index contributed by atoms with van der Waals surface area (Å²) in [6.45, 7) is 3.19. The maximum Gasteiger partial charge on any atom is 0.416 e. The number of aliphatic carboxylic acids is 1. The predicted molar refractivity (Wildman–Crippen MR) is 195 cm³/mol. The lowest BCUT2D eigenvalue weighted by molar-refractivity contribution is -0.138. The Bertz CT molecular complexity index is 2180. The van der Waals surface area contributed by atoms with Crippen LogP contribution in [0.4, 0.5) is 4.79 Å². The number of oxazole rings is 2. The number of methoxy groups -OCH3 is 1. The molecule has 2 aromatic heterocycles. The van der Waals surface area contributed by atoms with Gasteiger partial charge < -0.3 is 28.2 Å². The van der Waals surface area contributed by atoms with Gasteiger partial charge in [0.25, 0.3) is 0 Å². The second-order valence-corrected chi connectivity index (χ2v) is 11.3. The van der Waals surface area contributed by atoms with E-state index in [2.05, 4.69) is 21.8 Å². The van der Waals surface area contributed by atoms with E-state index in [4.69, 9.17) is 23.0 Å². The van der Waals surface area contributed by atoms with Crippen LogP contribution < -0.4 is 14.2 Å². The molecule has 0 aliphatic carbocycles. The predicted octanol–water partition coefficient (Wildman–Crippen LogP) is 7.64. The number of aryl methyl sites for hydroxylation is 2. The van der Waals surface area contributed by atoms with Gasteiger partial charge in [0, 0.05) is 17.7 Å². The van der Waals surface area contributed by atoms with Gasteiger partial charge in [-0.15, -0.1) is 0 Å². The molecule has 0 atom stereocenters. The first-order valence-electron chi connectivity index (χ1n) is 16.3. The van der Waals surface area contributed by atoms with Crippen molar-refractivity contribution in [3.8, 4) is 52.0 Å². The molecular weight excluding hydrogens is 678 g/mol. The molecule has 6 rings (SSSR count). The number of carboxylic acid groups (broad SMARTS) is 1. The van der Waals surface area contributed by atoms with E-state index in [0.717, 1.165) is 16.0 Å². The summed E-state index contributed by atoms with van der Waals surface area (Å²) >= 11 is 0. The molecule has 0 aliphatic rings. The smallest absolute Gasteiger partial charge is 0.416 e. The summed E-state index contributed by atoms with van der Waals surface area (Å²) in [6.07, 6.45) is -0.0811. The Morgan fingerprint density at radius 2 is 1.34 bits per heavy atom. The molecule has 0 aliphatic heterocycles. The maximum absolute atomic E-state index is 12.6. The lowest BCUT2D eigenvalue weighted by atomic mass is 10.2. The molecule has 1 amide bonds. The molecule has 4 aromatic carbocycles. The van der Waals surface area contributed by atoms with E-state index in [1.807, 2.05) is 67.6 Å². The number of aromatic nitrogens is 2. The van der Waals surface area contributed by atoms with E-state index in [1.165, 1.54) is 7.11 Å². The number of carbonyl (C=O) groups is 3. The van der Waals surface area contributed by atoms with Crippen molar-refractivity contribution in [2.24, 2.45) is 0 Å². The van der Waals surface area contributed by atoms with Gasteiger partial charge in [0.2, 0.25) is 11.8 Å². The van der Waals surface area contributed by atoms with E-state index in [1.54, 1.807) is 55.5 Å². The summed E-state index contributed by atoms with van der Waals surface area (Å²) in [6, 6.07) is 32.4. The Balaban J connectivity index is 0.000000322. The van der Waals surface area contributed by atoms with Gasteiger partial charge in [-0.05, 0) is 86.0 Å². The summed E-state index contributed by atoms with van der Waals surface area (Å²) in [5.41, 5.74) is 3.37. The van der Waals surface area contributed by atoms with Crippen LogP contribution in [0.2, 0.25) is 0 Å². The Kier molecular flexibility index (Phi) is 12.8. The highest BCUT2D eigenvalue weighted by Crippen LogP contribution is 2.22. The average molecular weight is 714 g/mol. The van der Waals surface area contributed by atoms with Crippen molar-refractivity contribution in [2.75, 3.05) is 20.3 Å². The SMILES string of the molecule is COc1ccc(OC(=O)N(CC(=O)O)Cc2ccc(OCC#Cc3nc(-c4ccccc4)oc3C)cc2)cc1.Cc1oc(-c2ccccc2)nc1C=O. The monoisotopic (exact) mass is 713 g/mol. The molecule has 53 heavy (non-hydrogen) atoms. The van der Waals surface area contributed by atoms with Gasteiger partial charge in [-0.25, -0.2) is 14.8 Å². The zero-order valence-corrected chi connectivity index (χ0v) is 29.1. The molecule has 6 aromatic rings. The van der Waals surface area contributed by atoms with Crippen LogP contribution >= 0.6 is 0 Å². The number of benzene rings is 4. The van der Waals surface area contributed by atoms with Crippen LogP contribution in [0.15, 0.2) is 118 Å². The zero-order chi connectivity index (χ0) is 37.6. The molecular formula is C41H35N3O9. The van der Waals surface area contributed by atoms with Crippen molar-refractivity contribution < 1.29 is 42.5 Å². The van der Waals surface area contributed by atoms with Crippen LogP contribution in [0.1, 0.15) is 33.3 Å². The molecule has 0 unspecified atom stereocenters. The number of hydrogen-bond acceptors (Lipinski definition) is 10. The van der Waals surface area contributed by atoms with E-state index >= 15 is 0 Å². The maximum atomic E-state index is 12.6. The molecule has 0 bridgehead atoms. The van der Waals surface area contributed by atoms with Crippen LogP contribution in [-0.2, 0) is 11.3 Å². The first kappa shape index (κ1) is 37.1. The van der Waals surface area contributed by atoms with Gasteiger partial charge in [-0.3, -0.25) is 14.5 Å². The van der Waals surface area contributed by atoms with Crippen molar-refractivity contribution in [1.29, 1.82) is 0 Å². The second kappa shape index (κ2) is 18.2. The van der Waals surface area contributed by atoms with Crippen molar-refractivity contribution in [2.45, 2.75) is 20.4 Å². The number of ether oxygens (including phenoxy) is 3. The highest BCUT2D eigenvalue weighted by Gasteiger charge is 2.20. The molecule has 0 fully saturated rings.